The van der Waals surface area contributed by atoms with Crippen molar-refractivity contribution in [2.45, 2.75) is 46.0 Å². The van der Waals surface area contributed by atoms with Crippen LogP contribution < -0.4 is 0 Å². The summed E-state index contributed by atoms with van der Waals surface area (Å²) >= 11 is 0. The molecule has 1 aliphatic rings. The second-order valence-corrected chi connectivity index (χ2v) is 2.72. The van der Waals surface area contributed by atoms with Gasteiger partial charge >= 0.3 is 21.1 Å². The van der Waals surface area contributed by atoms with Crippen molar-refractivity contribution < 1.29 is 21.1 Å². The zero-order valence-corrected chi connectivity index (χ0v) is 11.8. The third-order valence-electron chi connectivity index (χ3n) is 1.29. The van der Waals surface area contributed by atoms with Gasteiger partial charge in [-0.1, -0.05) is 26.7 Å². The molecule has 14 heavy (non-hydrogen) atoms. The Kier molecular flexibility index (Phi) is 32.6. The third-order valence-corrected chi connectivity index (χ3v) is 1.29. The van der Waals surface area contributed by atoms with Crippen molar-refractivity contribution in [3.63, 3.8) is 0 Å². The summed E-state index contributed by atoms with van der Waals surface area (Å²) in [6.07, 6.45) is 14.6. The fraction of sp³-hybridized carbons (Fsp3) is 0.538. The van der Waals surface area contributed by atoms with Gasteiger partial charge in [0.2, 0.25) is 0 Å². The summed E-state index contributed by atoms with van der Waals surface area (Å²) < 4.78 is 0. The molecule has 0 nitrogen and oxygen atoms in total. The Balaban J connectivity index is -0.000000127. The summed E-state index contributed by atoms with van der Waals surface area (Å²) in [7, 11) is 0. The van der Waals surface area contributed by atoms with Crippen LogP contribution >= 0.6 is 0 Å². The van der Waals surface area contributed by atoms with Gasteiger partial charge in [0.1, 0.15) is 0 Å². The van der Waals surface area contributed by atoms with Crippen LogP contribution in [0.5, 0.6) is 0 Å². The average molecular weight is 374 g/mol. The van der Waals surface area contributed by atoms with Crippen molar-refractivity contribution in [1.29, 1.82) is 0 Å². The minimum atomic E-state index is 0. The van der Waals surface area contributed by atoms with E-state index in [1.807, 2.05) is 12.2 Å². The molecule has 0 aliphatic heterocycles. The first-order valence-corrected chi connectivity index (χ1v) is 5.14. The molecule has 0 aromatic carbocycles. The van der Waals surface area contributed by atoms with E-state index in [-0.39, 0.29) is 21.1 Å². The molecule has 0 saturated heterocycles. The van der Waals surface area contributed by atoms with Crippen molar-refractivity contribution in [2.24, 2.45) is 0 Å². The molecule has 1 rings (SSSR count). The van der Waals surface area contributed by atoms with Crippen LogP contribution in [-0.2, 0) is 21.1 Å². The Labute approximate surface area is 105 Å². The molecule has 84 valence electrons. The summed E-state index contributed by atoms with van der Waals surface area (Å²) in [4.78, 5) is 0. The van der Waals surface area contributed by atoms with E-state index in [1.54, 1.807) is 0 Å². The van der Waals surface area contributed by atoms with Crippen LogP contribution in [0.15, 0.2) is 18.2 Å². The second-order valence-electron chi connectivity index (χ2n) is 2.72. The normalized spacial score (nSPS) is 10.6. The monoisotopic (exact) mass is 374 g/mol. The van der Waals surface area contributed by atoms with E-state index in [0.717, 1.165) is 19.3 Å². The summed E-state index contributed by atoms with van der Waals surface area (Å²) in [6.45, 7) is 11.4. The zero-order valence-electron chi connectivity index (χ0n) is 9.50. The van der Waals surface area contributed by atoms with Gasteiger partial charge in [0.05, 0.1) is 0 Å². The molecule has 0 bridgehead atoms. The second kappa shape index (κ2) is 23.2. The largest absolute Gasteiger partial charge is 4.00 e. The van der Waals surface area contributed by atoms with E-state index < -0.39 is 0 Å². The predicted octanol–water partition coefficient (Wildman–Crippen LogP) is 4.54. The van der Waals surface area contributed by atoms with Gasteiger partial charge in [0.15, 0.2) is 0 Å². The van der Waals surface area contributed by atoms with Crippen LogP contribution in [0.3, 0.4) is 0 Å². The molecule has 0 amide bonds. The van der Waals surface area contributed by atoms with E-state index in [4.69, 9.17) is 0 Å². The van der Waals surface area contributed by atoms with Crippen LogP contribution in [-0.4, -0.2) is 0 Å². The SMILES string of the molecule is [C-]1=CCC=C1.[CH2-]CCC.[CH2-]CCC.[Pt+4]. The van der Waals surface area contributed by atoms with Gasteiger partial charge in [0.25, 0.3) is 0 Å². The molecule has 0 radical (unpaired) electrons. The van der Waals surface area contributed by atoms with Crippen LogP contribution in [0.1, 0.15) is 46.0 Å². The fourth-order valence-corrected chi connectivity index (χ4v) is 0.340. The molecule has 1 aliphatic carbocycles. The van der Waals surface area contributed by atoms with Crippen molar-refractivity contribution in [3.05, 3.63) is 38.2 Å². The van der Waals surface area contributed by atoms with Crippen molar-refractivity contribution in [2.75, 3.05) is 0 Å². The molecule has 0 heterocycles. The minimum absolute atomic E-state index is 0. The van der Waals surface area contributed by atoms with Gasteiger partial charge in [0, 0.05) is 0 Å². The molecular formula is C13H23Pt+. The maximum atomic E-state index is 3.60. The van der Waals surface area contributed by atoms with E-state index in [1.165, 1.54) is 12.8 Å². The molecule has 0 saturated carbocycles. The summed E-state index contributed by atoms with van der Waals surface area (Å²) in [5.74, 6) is 0. The topological polar surface area (TPSA) is 0 Å². The maximum Gasteiger partial charge on any atom is 4.00 e. The Morgan fingerprint density at radius 3 is 1.64 bits per heavy atom. The first-order chi connectivity index (χ1) is 6.33. The predicted molar refractivity (Wildman–Crippen MR) is 62.1 cm³/mol. The summed E-state index contributed by atoms with van der Waals surface area (Å²) in [5, 5.41) is 0. The molecule has 0 N–H and O–H groups in total. The fourth-order valence-electron chi connectivity index (χ4n) is 0.340. The summed E-state index contributed by atoms with van der Waals surface area (Å²) in [5.41, 5.74) is 0. The van der Waals surface area contributed by atoms with Crippen molar-refractivity contribution in [3.8, 4) is 0 Å². The quantitative estimate of drug-likeness (QED) is 0.623. The Morgan fingerprint density at radius 1 is 1.14 bits per heavy atom. The molecular weight excluding hydrogens is 351 g/mol. The van der Waals surface area contributed by atoms with Gasteiger partial charge in [-0.05, 0) is 0 Å². The van der Waals surface area contributed by atoms with Crippen LogP contribution in [0.2, 0.25) is 0 Å². The van der Waals surface area contributed by atoms with Gasteiger partial charge in [-0.3, -0.25) is 6.08 Å². The Bertz CT molecular complexity index is 96.4. The van der Waals surface area contributed by atoms with E-state index in [9.17, 15) is 0 Å². The van der Waals surface area contributed by atoms with Gasteiger partial charge < -0.3 is 13.8 Å². The molecule has 0 unspecified atom stereocenters. The number of hydrogen-bond acceptors (Lipinski definition) is 0. The van der Waals surface area contributed by atoms with Crippen molar-refractivity contribution >= 4 is 0 Å². The van der Waals surface area contributed by atoms with Crippen LogP contribution in [0.25, 0.3) is 0 Å². The first-order valence-electron chi connectivity index (χ1n) is 5.14. The number of unbranched alkanes of at least 4 members (excludes halogenated alkanes) is 2. The Morgan fingerprint density at radius 2 is 1.57 bits per heavy atom. The van der Waals surface area contributed by atoms with E-state index >= 15 is 0 Å². The zero-order chi connectivity index (χ0) is 10.4. The van der Waals surface area contributed by atoms with Gasteiger partial charge in [-0.2, -0.15) is 18.9 Å². The van der Waals surface area contributed by atoms with E-state index in [2.05, 4.69) is 39.8 Å². The molecule has 1 heteroatoms. The number of rotatable bonds is 2. The minimum Gasteiger partial charge on any atom is -0.343 e. The third kappa shape index (κ3) is 29.5. The molecule has 0 spiro atoms. The summed E-state index contributed by atoms with van der Waals surface area (Å²) in [6, 6.07) is 0. The van der Waals surface area contributed by atoms with Crippen molar-refractivity contribution in [1.82, 2.24) is 0 Å². The standard InChI is InChI=1S/C5H5.2C4H9.Pt/c1-2-4-5-3-1;2*1-3-4-2;/h1-2,5H,3H2;2*1,3-4H2,2H3;/q3*-1;+4. The number of hydrogen-bond donors (Lipinski definition) is 0. The maximum absolute atomic E-state index is 3.60. The number of allylic oxidation sites excluding steroid dienone is 4. The molecule has 0 atom stereocenters. The first kappa shape index (κ1) is 19.7. The smallest absolute Gasteiger partial charge is 0.343 e. The Hall–Kier alpha value is 0.168. The molecule has 0 aromatic heterocycles. The van der Waals surface area contributed by atoms with E-state index in [0.29, 0.717) is 0 Å². The van der Waals surface area contributed by atoms with Gasteiger partial charge in [-0.15, -0.1) is 6.42 Å². The molecule has 0 fully saturated rings. The average Bonchev–Trinajstić information content (AvgIpc) is 2.76. The van der Waals surface area contributed by atoms with Crippen LogP contribution in [0.4, 0.5) is 0 Å². The molecule has 0 aromatic rings. The van der Waals surface area contributed by atoms with Gasteiger partial charge in [-0.25, -0.2) is 12.2 Å². The van der Waals surface area contributed by atoms with Crippen LogP contribution in [0, 0.1) is 19.9 Å².